The summed E-state index contributed by atoms with van der Waals surface area (Å²) in [4.78, 5) is 0. The molecule has 0 heterocycles. The number of hydrogen-bond acceptors (Lipinski definition) is 1. The smallest absolute Gasteiger partial charge is 0.0420 e. The van der Waals surface area contributed by atoms with Gasteiger partial charge in [0, 0.05) is 16.7 Å². The first-order valence-electron chi connectivity index (χ1n) is 5.56. The van der Waals surface area contributed by atoms with Crippen LogP contribution in [0.1, 0.15) is 54.4 Å². The van der Waals surface area contributed by atoms with E-state index in [9.17, 15) is 0 Å². The van der Waals surface area contributed by atoms with Gasteiger partial charge in [0.1, 0.15) is 0 Å². The normalized spacial score (nSPS) is 20.4. The zero-order valence-electron chi connectivity index (χ0n) is 10.6. The van der Waals surface area contributed by atoms with Crippen LogP contribution in [0, 0.1) is 10.8 Å². The average Bonchev–Trinajstić information content (AvgIpc) is 2.64. The van der Waals surface area contributed by atoms with Gasteiger partial charge in [-0.25, -0.2) is 0 Å². The van der Waals surface area contributed by atoms with Crippen LogP contribution in [-0.2, 0) is 0 Å². The van der Waals surface area contributed by atoms with Gasteiger partial charge in [0.05, 0.1) is 0 Å². The molecule has 1 aliphatic carbocycles. The molecule has 0 aromatic carbocycles. The van der Waals surface area contributed by atoms with Crippen LogP contribution < -0.4 is 5.32 Å². The number of rotatable bonds is 2. The summed E-state index contributed by atoms with van der Waals surface area (Å²) in [6.45, 7) is 17.7. The largest absolute Gasteiger partial charge is 0.382 e. The third-order valence-corrected chi connectivity index (χ3v) is 3.48. The van der Waals surface area contributed by atoms with Crippen LogP contribution in [0.5, 0.6) is 0 Å². The second-order valence-electron chi connectivity index (χ2n) is 6.69. The molecule has 0 aliphatic heterocycles. The molecule has 0 amide bonds. The molecule has 0 aromatic rings. The third kappa shape index (κ3) is 2.13. The van der Waals surface area contributed by atoms with E-state index in [1.807, 2.05) is 0 Å². The van der Waals surface area contributed by atoms with Crippen molar-refractivity contribution in [3.8, 4) is 0 Å². The molecule has 0 radical (unpaired) electrons. The first kappa shape index (κ1) is 11.6. The summed E-state index contributed by atoms with van der Waals surface area (Å²) in [5.41, 5.74) is 1.99. The Balaban J connectivity index is 2.67. The van der Waals surface area contributed by atoms with Gasteiger partial charge in [0.25, 0.3) is 0 Å². The van der Waals surface area contributed by atoms with Crippen LogP contribution in [0.4, 0.5) is 0 Å². The average molecular weight is 195 g/mol. The maximum Gasteiger partial charge on any atom is 0.0420 e. The van der Waals surface area contributed by atoms with Crippen molar-refractivity contribution in [1.82, 2.24) is 5.32 Å². The molecule has 0 bridgehead atoms. The lowest BCUT2D eigenvalue weighted by molar-refractivity contribution is 0.247. The van der Waals surface area contributed by atoms with E-state index in [0.29, 0.717) is 11.0 Å². The van der Waals surface area contributed by atoms with E-state index >= 15 is 0 Å². The van der Waals surface area contributed by atoms with E-state index in [1.54, 1.807) is 0 Å². The fraction of sp³-hybridized carbons (Fsp3) is 0.846. The van der Waals surface area contributed by atoms with Crippen molar-refractivity contribution < 1.29 is 0 Å². The summed E-state index contributed by atoms with van der Waals surface area (Å²) in [6, 6.07) is 0. The molecule has 1 rings (SSSR count). The van der Waals surface area contributed by atoms with Gasteiger partial charge >= 0.3 is 0 Å². The Bertz CT molecular complexity index is 233. The van der Waals surface area contributed by atoms with Gasteiger partial charge in [0.2, 0.25) is 0 Å². The van der Waals surface area contributed by atoms with Crippen molar-refractivity contribution in [2.24, 2.45) is 10.8 Å². The molecule has 1 heteroatoms. The summed E-state index contributed by atoms with van der Waals surface area (Å²) in [7, 11) is 0. The van der Waals surface area contributed by atoms with E-state index in [1.165, 1.54) is 18.5 Å². The Labute approximate surface area is 89.0 Å². The Kier molecular flexibility index (Phi) is 2.50. The van der Waals surface area contributed by atoms with Gasteiger partial charge in [-0.05, 0) is 18.3 Å². The fourth-order valence-corrected chi connectivity index (χ4v) is 1.66. The molecule has 82 valence electrons. The van der Waals surface area contributed by atoms with Crippen molar-refractivity contribution >= 4 is 0 Å². The molecule has 0 unspecified atom stereocenters. The molecule has 1 saturated carbocycles. The Morgan fingerprint density at radius 1 is 1.07 bits per heavy atom. The molecule has 1 N–H and O–H groups in total. The number of nitrogens with one attached hydrogen (secondary N) is 1. The maximum absolute atomic E-state index is 4.15. The van der Waals surface area contributed by atoms with Gasteiger partial charge in [0.15, 0.2) is 0 Å². The quantitative estimate of drug-likeness (QED) is 0.708. The lowest BCUT2D eigenvalue weighted by Gasteiger charge is -2.36. The topological polar surface area (TPSA) is 12.0 Å². The number of hydrogen-bond donors (Lipinski definition) is 1. The highest BCUT2D eigenvalue weighted by molar-refractivity contribution is 5.18. The van der Waals surface area contributed by atoms with Crippen LogP contribution in [0.25, 0.3) is 0 Å². The SMILES string of the molecule is C=C(NC1(C(C)(C)C)CC1)C(C)(C)C. The van der Waals surface area contributed by atoms with E-state index in [2.05, 4.69) is 53.4 Å². The molecule has 0 spiro atoms. The zero-order chi connectivity index (χ0) is 11.2. The second kappa shape index (κ2) is 3.01. The van der Waals surface area contributed by atoms with Crippen LogP contribution >= 0.6 is 0 Å². The van der Waals surface area contributed by atoms with E-state index in [0.717, 1.165) is 0 Å². The summed E-state index contributed by atoms with van der Waals surface area (Å²) < 4.78 is 0. The van der Waals surface area contributed by atoms with Gasteiger partial charge < -0.3 is 5.32 Å². The Morgan fingerprint density at radius 2 is 1.50 bits per heavy atom. The van der Waals surface area contributed by atoms with Crippen LogP contribution in [-0.4, -0.2) is 5.54 Å². The summed E-state index contributed by atoms with van der Waals surface area (Å²) in [6.07, 6.45) is 2.57. The number of allylic oxidation sites excluding steroid dienone is 1. The molecule has 0 saturated heterocycles. The van der Waals surface area contributed by atoms with Crippen molar-refractivity contribution in [2.75, 3.05) is 0 Å². The monoisotopic (exact) mass is 195 g/mol. The van der Waals surface area contributed by atoms with Crippen molar-refractivity contribution in [2.45, 2.75) is 59.9 Å². The minimum Gasteiger partial charge on any atom is -0.382 e. The fourth-order valence-electron chi connectivity index (χ4n) is 1.66. The van der Waals surface area contributed by atoms with E-state index in [-0.39, 0.29) is 5.41 Å². The molecule has 1 fully saturated rings. The Morgan fingerprint density at radius 3 is 1.71 bits per heavy atom. The lowest BCUT2D eigenvalue weighted by atomic mass is 9.82. The summed E-state index contributed by atoms with van der Waals surface area (Å²) in [5, 5.41) is 3.65. The van der Waals surface area contributed by atoms with Crippen molar-refractivity contribution in [3.05, 3.63) is 12.3 Å². The molecule has 14 heavy (non-hydrogen) atoms. The van der Waals surface area contributed by atoms with Gasteiger partial charge in [-0.15, -0.1) is 0 Å². The first-order chi connectivity index (χ1) is 6.08. The van der Waals surface area contributed by atoms with Crippen LogP contribution in [0.2, 0.25) is 0 Å². The standard InChI is InChI=1S/C13H25N/c1-10(11(2,3)4)14-13(8-9-13)12(5,6)7/h14H,1,8-9H2,2-7H3. The van der Waals surface area contributed by atoms with Crippen LogP contribution in [0.3, 0.4) is 0 Å². The van der Waals surface area contributed by atoms with Crippen LogP contribution in [0.15, 0.2) is 12.3 Å². The Hall–Kier alpha value is -0.460. The predicted octanol–water partition coefficient (Wildman–Crippen LogP) is 3.71. The van der Waals surface area contributed by atoms with E-state index in [4.69, 9.17) is 0 Å². The summed E-state index contributed by atoms with van der Waals surface area (Å²) >= 11 is 0. The lowest BCUT2D eigenvalue weighted by Crippen LogP contribution is -2.44. The molecule has 1 nitrogen and oxygen atoms in total. The highest BCUT2D eigenvalue weighted by Gasteiger charge is 2.52. The first-order valence-corrected chi connectivity index (χ1v) is 5.56. The van der Waals surface area contributed by atoms with Gasteiger partial charge in [-0.3, -0.25) is 0 Å². The summed E-state index contributed by atoms with van der Waals surface area (Å²) in [5.74, 6) is 0. The molecule has 0 aromatic heterocycles. The van der Waals surface area contributed by atoms with Gasteiger partial charge in [-0.1, -0.05) is 48.1 Å². The van der Waals surface area contributed by atoms with Crippen molar-refractivity contribution in [3.63, 3.8) is 0 Å². The minimum absolute atomic E-state index is 0.167. The third-order valence-electron chi connectivity index (χ3n) is 3.48. The molecule has 0 atom stereocenters. The maximum atomic E-state index is 4.15. The molecule has 1 aliphatic rings. The highest BCUT2D eigenvalue weighted by Crippen LogP contribution is 2.50. The highest BCUT2D eigenvalue weighted by atomic mass is 15.1. The zero-order valence-corrected chi connectivity index (χ0v) is 10.6. The van der Waals surface area contributed by atoms with Gasteiger partial charge in [-0.2, -0.15) is 0 Å². The molecular weight excluding hydrogens is 170 g/mol. The molecular formula is C13H25N. The second-order valence-corrected chi connectivity index (χ2v) is 6.69. The van der Waals surface area contributed by atoms with E-state index < -0.39 is 0 Å². The van der Waals surface area contributed by atoms with Crippen molar-refractivity contribution in [1.29, 1.82) is 0 Å². The predicted molar refractivity (Wildman–Crippen MR) is 63.2 cm³/mol. The minimum atomic E-state index is 0.167.